The van der Waals surface area contributed by atoms with Gasteiger partial charge in [-0.15, -0.1) is 11.3 Å². The van der Waals surface area contributed by atoms with E-state index >= 15 is 0 Å². The molecular formula is C27H29ClFN3O3S. The number of nitrogens with one attached hydrogen (secondary N) is 1. The highest BCUT2D eigenvalue weighted by Crippen LogP contribution is 2.34. The Morgan fingerprint density at radius 2 is 2.00 bits per heavy atom. The van der Waals surface area contributed by atoms with E-state index in [2.05, 4.69) is 5.32 Å². The van der Waals surface area contributed by atoms with E-state index in [0.717, 1.165) is 12.0 Å². The third-order valence-electron chi connectivity index (χ3n) is 5.91. The lowest BCUT2D eigenvalue weighted by Gasteiger charge is -2.37. The number of nitrogens with zero attached hydrogens (tertiary/aromatic N) is 2. The number of hydrogen-bond donors (Lipinski definition) is 1. The van der Waals surface area contributed by atoms with Gasteiger partial charge in [0, 0.05) is 28.7 Å². The molecule has 0 saturated heterocycles. The van der Waals surface area contributed by atoms with Crippen LogP contribution in [0.5, 0.6) is 5.75 Å². The fraction of sp³-hybridized carbons (Fsp3) is 0.333. The molecule has 0 bridgehead atoms. The van der Waals surface area contributed by atoms with Crippen LogP contribution in [0.25, 0.3) is 0 Å². The zero-order chi connectivity index (χ0) is 25.7. The first-order valence-corrected chi connectivity index (χ1v) is 13.1. The maximum absolute atomic E-state index is 13.6. The Hall–Kier alpha value is -3.10. The molecule has 1 aliphatic rings. The molecule has 0 radical (unpaired) electrons. The fourth-order valence-electron chi connectivity index (χ4n) is 4.26. The Morgan fingerprint density at radius 1 is 1.22 bits per heavy atom. The predicted molar refractivity (Wildman–Crippen MR) is 141 cm³/mol. The van der Waals surface area contributed by atoms with Gasteiger partial charge in [-0.1, -0.05) is 31.5 Å². The highest BCUT2D eigenvalue weighted by molar-refractivity contribution is 7.10. The molecule has 0 aliphatic carbocycles. The second kappa shape index (κ2) is 11.8. The lowest BCUT2D eigenvalue weighted by molar-refractivity contribution is -0.135. The van der Waals surface area contributed by atoms with E-state index in [0.29, 0.717) is 29.5 Å². The minimum absolute atomic E-state index is 0.0584. The molecule has 6 nitrogen and oxygen atoms in total. The van der Waals surface area contributed by atoms with Gasteiger partial charge in [-0.3, -0.25) is 4.79 Å². The van der Waals surface area contributed by atoms with Crippen molar-refractivity contribution in [3.8, 4) is 5.75 Å². The minimum Gasteiger partial charge on any atom is -0.491 e. The van der Waals surface area contributed by atoms with Gasteiger partial charge in [0.05, 0.1) is 6.04 Å². The van der Waals surface area contributed by atoms with Crippen molar-refractivity contribution in [2.45, 2.75) is 26.3 Å². The molecule has 36 heavy (non-hydrogen) atoms. The van der Waals surface area contributed by atoms with E-state index in [1.165, 1.54) is 21.9 Å². The van der Waals surface area contributed by atoms with Gasteiger partial charge < -0.3 is 19.9 Å². The van der Waals surface area contributed by atoms with Crippen molar-refractivity contribution in [2.24, 2.45) is 5.92 Å². The van der Waals surface area contributed by atoms with Gasteiger partial charge in [0.1, 0.15) is 24.7 Å². The maximum Gasteiger partial charge on any atom is 0.322 e. The molecule has 0 spiro atoms. The van der Waals surface area contributed by atoms with Crippen molar-refractivity contribution in [3.05, 3.63) is 81.3 Å². The van der Waals surface area contributed by atoms with E-state index in [1.807, 2.05) is 25.3 Å². The van der Waals surface area contributed by atoms with E-state index < -0.39 is 0 Å². The number of carbonyl (C=O) groups excluding carboxylic acids is 2. The summed E-state index contributed by atoms with van der Waals surface area (Å²) in [7, 11) is 0. The molecule has 0 fully saturated rings. The number of carbonyl (C=O) groups is 2. The zero-order valence-corrected chi connectivity index (χ0v) is 21.8. The molecule has 1 atom stereocenters. The topological polar surface area (TPSA) is 61.9 Å². The number of rotatable bonds is 8. The summed E-state index contributed by atoms with van der Waals surface area (Å²) in [6.07, 6.45) is 0.755. The number of fused-ring (bicyclic) bond motifs is 1. The molecule has 0 saturated carbocycles. The van der Waals surface area contributed by atoms with Crippen LogP contribution in [0.4, 0.5) is 14.9 Å². The van der Waals surface area contributed by atoms with Gasteiger partial charge in [0.25, 0.3) is 0 Å². The van der Waals surface area contributed by atoms with Crippen LogP contribution < -0.4 is 10.1 Å². The Kier molecular flexibility index (Phi) is 8.48. The van der Waals surface area contributed by atoms with Gasteiger partial charge in [-0.05, 0) is 71.8 Å². The van der Waals surface area contributed by atoms with Crippen LogP contribution in [-0.2, 0) is 11.2 Å². The maximum atomic E-state index is 13.6. The molecule has 3 aromatic rings. The summed E-state index contributed by atoms with van der Waals surface area (Å²) < 4.78 is 19.2. The molecule has 2 aromatic carbocycles. The number of hydrogen-bond acceptors (Lipinski definition) is 4. The van der Waals surface area contributed by atoms with Gasteiger partial charge in [-0.25, -0.2) is 9.18 Å². The smallest absolute Gasteiger partial charge is 0.322 e. The highest BCUT2D eigenvalue weighted by Gasteiger charge is 2.33. The Bertz CT molecular complexity index is 1200. The monoisotopic (exact) mass is 529 g/mol. The molecule has 2 heterocycles. The normalized spacial score (nSPS) is 14.9. The Labute approximate surface area is 219 Å². The van der Waals surface area contributed by atoms with Gasteiger partial charge in [-0.2, -0.15) is 0 Å². The van der Waals surface area contributed by atoms with Crippen LogP contribution in [0.2, 0.25) is 5.02 Å². The third kappa shape index (κ3) is 6.56. The molecule has 1 aromatic heterocycles. The summed E-state index contributed by atoms with van der Waals surface area (Å²) in [5, 5.41) is 5.39. The van der Waals surface area contributed by atoms with Crippen LogP contribution in [-0.4, -0.2) is 48.0 Å². The van der Waals surface area contributed by atoms with E-state index in [9.17, 15) is 14.0 Å². The highest BCUT2D eigenvalue weighted by atomic mass is 35.5. The SMILES string of the molecule is CC(C)CN(CC(=O)N1CCc2sccc2[C@H]1COc1ccc(F)cc1)C(=O)Nc1cccc(Cl)c1. The summed E-state index contributed by atoms with van der Waals surface area (Å²) in [5.74, 6) is 0.221. The molecule has 0 unspecified atom stereocenters. The van der Waals surface area contributed by atoms with Crippen molar-refractivity contribution in [3.63, 3.8) is 0 Å². The summed E-state index contributed by atoms with van der Waals surface area (Å²) >= 11 is 7.72. The number of thiophene rings is 1. The van der Waals surface area contributed by atoms with Crippen LogP contribution in [0.1, 0.15) is 30.3 Å². The first-order chi connectivity index (χ1) is 17.3. The Balaban J connectivity index is 1.49. The number of urea groups is 1. The van der Waals surface area contributed by atoms with Gasteiger partial charge in [0.15, 0.2) is 0 Å². The number of anilines is 1. The van der Waals surface area contributed by atoms with E-state index in [1.54, 1.807) is 52.6 Å². The van der Waals surface area contributed by atoms with Crippen LogP contribution in [0.15, 0.2) is 60.0 Å². The molecule has 3 amide bonds. The molecular weight excluding hydrogens is 501 g/mol. The molecule has 9 heteroatoms. The number of halogens is 2. The second-order valence-corrected chi connectivity index (χ2v) is 10.6. The molecule has 1 aliphatic heterocycles. The van der Waals surface area contributed by atoms with Crippen LogP contribution in [0, 0.1) is 11.7 Å². The lowest BCUT2D eigenvalue weighted by Crippen LogP contribution is -2.49. The van der Waals surface area contributed by atoms with Crippen molar-refractivity contribution in [1.82, 2.24) is 9.80 Å². The molecule has 4 rings (SSSR count). The lowest BCUT2D eigenvalue weighted by atomic mass is 10.0. The van der Waals surface area contributed by atoms with Crippen molar-refractivity contribution >= 4 is 40.6 Å². The van der Waals surface area contributed by atoms with Gasteiger partial charge in [0.2, 0.25) is 5.91 Å². The fourth-order valence-corrected chi connectivity index (χ4v) is 5.38. The summed E-state index contributed by atoms with van der Waals surface area (Å²) in [6, 6.07) is 14.1. The zero-order valence-electron chi connectivity index (χ0n) is 20.2. The summed E-state index contributed by atoms with van der Waals surface area (Å²) in [4.78, 5) is 31.2. The standard InChI is InChI=1S/C27H29ClFN3O3S/c1-18(2)15-31(27(34)30-21-5-3-4-19(28)14-21)16-26(33)32-12-10-25-23(11-13-36-25)24(32)17-35-22-8-6-20(29)7-9-22/h3-9,11,13-14,18,24H,10,12,15-17H2,1-2H3,(H,30,34)/t24-/m1/s1. The average molecular weight is 530 g/mol. The summed E-state index contributed by atoms with van der Waals surface area (Å²) in [6.45, 7) is 5.14. The van der Waals surface area contributed by atoms with Gasteiger partial charge >= 0.3 is 6.03 Å². The molecule has 1 N–H and O–H groups in total. The van der Waals surface area contributed by atoms with E-state index in [-0.39, 0.29) is 42.9 Å². The number of ether oxygens (including phenoxy) is 1. The third-order valence-corrected chi connectivity index (χ3v) is 7.14. The van der Waals surface area contributed by atoms with Crippen molar-refractivity contribution in [1.29, 1.82) is 0 Å². The number of benzene rings is 2. The van der Waals surface area contributed by atoms with Crippen LogP contribution >= 0.6 is 22.9 Å². The van der Waals surface area contributed by atoms with Crippen molar-refractivity contribution in [2.75, 3.05) is 31.6 Å². The predicted octanol–water partition coefficient (Wildman–Crippen LogP) is 6.24. The quantitative estimate of drug-likeness (QED) is 0.376. The molecule has 190 valence electrons. The second-order valence-electron chi connectivity index (χ2n) is 9.13. The largest absolute Gasteiger partial charge is 0.491 e. The van der Waals surface area contributed by atoms with E-state index in [4.69, 9.17) is 16.3 Å². The average Bonchev–Trinajstić information content (AvgIpc) is 3.32. The number of amides is 3. The van der Waals surface area contributed by atoms with Crippen LogP contribution in [0.3, 0.4) is 0 Å². The first kappa shape index (κ1) is 26.0. The summed E-state index contributed by atoms with van der Waals surface area (Å²) in [5.41, 5.74) is 1.63. The first-order valence-electron chi connectivity index (χ1n) is 11.9. The Morgan fingerprint density at radius 3 is 2.72 bits per heavy atom. The van der Waals surface area contributed by atoms with Crippen molar-refractivity contribution < 1.29 is 18.7 Å². The minimum atomic E-state index is -0.355.